The van der Waals surface area contributed by atoms with Crippen LogP contribution in [0.5, 0.6) is 0 Å². The number of fused-ring (bicyclic) bond motifs is 1. The fourth-order valence-electron chi connectivity index (χ4n) is 2.03. The molecule has 0 saturated carbocycles. The van der Waals surface area contributed by atoms with Crippen molar-refractivity contribution >= 4 is 34.9 Å². The molecule has 0 bridgehead atoms. The number of benzene rings is 1. The van der Waals surface area contributed by atoms with E-state index in [0.29, 0.717) is 16.8 Å². The number of anilines is 1. The van der Waals surface area contributed by atoms with Gasteiger partial charge in [-0.1, -0.05) is 6.07 Å². The average molecular weight is 313 g/mol. The molecule has 1 aromatic carbocycles. The molecule has 2 N–H and O–H groups in total. The number of hydrogen-bond donors (Lipinski definition) is 2. The lowest BCUT2D eigenvalue weighted by Gasteiger charge is -2.10. The van der Waals surface area contributed by atoms with Crippen molar-refractivity contribution in [2.24, 2.45) is 0 Å². The van der Waals surface area contributed by atoms with Crippen molar-refractivity contribution in [3.8, 4) is 0 Å². The van der Waals surface area contributed by atoms with Gasteiger partial charge in [-0.05, 0) is 36.5 Å². The van der Waals surface area contributed by atoms with E-state index < -0.39 is 0 Å². The second kappa shape index (κ2) is 5.90. The van der Waals surface area contributed by atoms with Gasteiger partial charge in [0, 0.05) is 23.6 Å². The van der Waals surface area contributed by atoms with Gasteiger partial charge in [-0.15, -0.1) is 0 Å². The van der Waals surface area contributed by atoms with Gasteiger partial charge in [0.1, 0.15) is 6.61 Å². The normalized spacial score (nSPS) is 12.3. The Morgan fingerprint density at radius 3 is 2.95 bits per heavy atom. The van der Waals surface area contributed by atoms with E-state index in [1.165, 1.54) is 6.20 Å². The minimum absolute atomic E-state index is 0.139. The molecule has 0 fully saturated rings. The van der Waals surface area contributed by atoms with Crippen molar-refractivity contribution < 1.29 is 14.3 Å². The molecule has 0 aliphatic carbocycles. The van der Waals surface area contributed by atoms with E-state index in [9.17, 15) is 9.59 Å². The number of thiocarbonyl (C=S) groups is 1. The summed E-state index contributed by atoms with van der Waals surface area (Å²) in [5, 5.41) is 5.55. The number of amides is 1. The van der Waals surface area contributed by atoms with Gasteiger partial charge in [-0.2, -0.15) is 0 Å². The fraction of sp³-hybridized carbons (Fsp3) is 0.0667. The van der Waals surface area contributed by atoms with Crippen molar-refractivity contribution in [1.82, 2.24) is 10.3 Å². The van der Waals surface area contributed by atoms with Gasteiger partial charge in [-0.25, -0.2) is 4.79 Å². The Morgan fingerprint density at radius 1 is 1.32 bits per heavy atom. The van der Waals surface area contributed by atoms with E-state index in [-0.39, 0.29) is 23.6 Å². The summed E-state index contributed by atoms with van der Waals surface area (Å²) in [4.78, 5) is 27.3. The molecule has 2 heterocycles. The van der Waals surface area contributed by atoms with E-state index in [1.807, 2.05) is 0 Å². The lowest BCUT2D eigenvalue weighted by atomic mass is 10.1. The van der Waals surface area contributed by atoms with Gasteiger partial charge in [-0.3, -0.25) is 15.1 Å². The first-order valence-corrected chi connectivity index (χ1v) is 6.87. The SMILES string of the molecule is O=C(NC(=S)Nc1ccc2c(c1)C(=O)OC2)c1cccnc1. The molecule has 0 atom stereocenters. The molecule has 1 aliphatic heterocycles. The molecule has 0 radical (unpaired) electrons. The minimum Gasteiger partial charge on any atom is -0.457 e. The topological polar surface area (TPSA) is 80.3 Å². The molecule has 1 aliphatic rings. The molecule has 1 aromatic heterocycles. The van der Waals surface area contributed by atoms with Crippen LogP contribution in [0.1, 0.15) is 26.3 Å². The molecule has 0 spiro atoms. The largest absolute Gasteiger partial charge is 0.457 e. The van der Waals surface area contributed by atoms with E-state index in [2.05, 4.69) is 15.6 Å². The Kier molecular flexibility index (Phi) is 3.80. The van der Waals surface area contributed by atoms with E-state index in [4.69, 9.17) is 17.0 Å². The van der Waals surface area contributed by atoms with Gasteiger partial charge < -0.3 is 10.1 Å². The predicted molar refractivity (Wildman–Crippen MR) is 83.5 cm³/mol. The Bertz CT molecular complexity index is 762. The number of rotatable bonds is 2. The van der Waals surface area contributed by atoms with Crippen molar-refractivity contribution in [2.75, 3.05) is 5.32 Å². The van der Waals surface area contributed by atoms with Crippen LogP contribution in [0.15, 0.2) is 42.7 Å². The first-order valence-electron chi connectivity index (χ1n) is 6.46. The number of cyclic esters (lactones) is 1. The quantitative estimate of drug-likeness (QED) is 0.651. The molecule has 1 amide bonds. The third-order valence-corrected chi connectivity index (χ3v) is 3.30. The van der Waals surface area contributed by atoms with Crippen LogP contribution >= 0.6 is 12.2 Å². The molecule has 7 heteroatoms. The number of ether oxygens (including phenoxy) is 1. The highest BCUT2D eigenvalue weighted by molar-refractivity contribution is 7.80. The summed E-state index contributed by atoms with van der Waals surface area (Å²) in [5.74, 6) is -0.713. The number of aromatic nitrogens is 1. The van der Waals surface area contributed by atoms with Gasteiger partial charge in [0.25, 0.3) is 5.91 Å². The predicted octanol–water partition coefficient (Wildman–Crippen LogP) is 1.88. The zero-order valence-electron chi connectivity index (χ0n) is 11.3. The molecule has 0 saturated heterocycles. The van der Waals surface area contributed by atoms with Crippen molar-refractivity contribution in [1.29, 1.82) is 0 Å². The summed E-state index contributed by atoms with van der Waals surface area (Å²) in [5.41, 5.74) is 2.35. The third kappa shape index (κ3) is 2.94. The summed E-state index contributed by atoms with van der Waals surface area (Å²) in [6.07, 6.45) is 3.03. The first-order chi connectivity index (χ1) is 10.6. The van der Waals surface area contributed by atoms with Crippen molar-refractivity contribution in [3.63, 3.8) is 0 Å². The van der Waals surface area contributed by atoms with Crippen LogP contribution in [0.4, 0.5) is 5.69 Å². The van der Waals surface area contributed by atoms with Crippen LogP contribution in [0.25, 0.3) is 0 Å². The highest BCUT2D eigenvalue weighted by atomic mass is 32.1. The van der Waals surface area contributed by atoms with Crippen LogP contribution in [-0.4, -0.2) is 22.0 Å². The van der Waals surface area contributed by atoms with Crippen LogP contribution < -0.4 is 10.6 Å². The van der Waals surface area contributed by atoms with E-state index >= 15 is 0 Å². The fourth-order valence-corrected chi connectivity index (χ4v) is 2.24. The minimum atomic E-state index is -0.357. The summed E-state index contributed by atoms with van der Waals surface area (Å²) >= 11 is 5.09. The first kappa shape index (κ1) is 14.2. The van der Waals surface area contributed by atoms with E-state index in [1.54, 1.807) is 36.5 Å². The van der Waals surface area contributed by atoms with Crippen LogP contribution in [0.3, 0.4) is 0 Å². The standard InChI is InChI=1S/C15H11N3O3S/c19-13(9-2-1-5-16-7-9)18-15(22)17-11-4-3-10-8-21-14(20)12(10)6-11/h1-7H,8H2,(H2,17,18,19,22). The number of carbonyl (C=O) groups excluding carboxylic acids is 2. The van der Waals surface area contributed by atoms with Gasteiger partial charge in [0.05, 0.1) is 11.1 Å². The number of pyridine rings is 1. The van der Waals surface area contributed by atoms with Crippen LogP contribution in [0.2, 0.25) is 0 Å². The monoisotopic (exact) mass is 313 g/mol. The Hall–Kier alpha value is -2.80. The van der Waals surface area contributed by atoms with Gasteiger partial charge in [0.2, 0.25) is 0 Å². The van der Waals surface area contributed by atoms with Crippen LogP contribution in [0, 0.1) is 0 Å². The molecule has 6 nitrogen and oxygen atoms in total. The molecule has 3 rings (SSSR count). The van der Waals surface area contributed by atoms with Gasteiger partial charge >= 0.3 is 5.97 Å². The Balaban J connectivity index is 1.66. The van der Waals surface area contributed by atoms with E-state index in [0.717, 1.165) is 5.56 Å². The maximum absolute atomic E-state index is 11.9. The van der Waals surface area contributed by atoms with Crippen LogP contribution in [-0.2, 0) is 11.3 Å². The lowest BCUT2D eigenvalue weighted by Crippen LogP contribution is -2.34. The highest BCUT2D eigenvalue weighted by Gasteiger charge is 2.21. The summed E-state index contributed by atoms with van der Waals surface area (Å²) in [6.45, 7) is 0.288. The maximum Gasteiger partial charge on any atom is 0.338 e. The molecular weight excluding hydrogens is 302 g/mol. The molecule has 0 unspecified atom stereocenters. The second-order valence-electron chi connectivity index (χ2n) is 4.60. The smallest absolute Gasteiger partial charge is 0.338 e. The lowest BCUT2D eigenvalue weighted by molar-refractivity contribution is 0.0535. The number of esters is 1. The molecule has 2 aromatic rings. The number of hydrogen-bond acceptors (Lipinski definition) is 5. The molecule has 110 valence electrons. The van der Waals surface area contributed by atoms with Crippen molar-refractivity contribution in [2.45, 2.75) is 6.61 Å². The zero-order chi connectivity index (χ0) is 15.5. The number of carbonyl (C=O) groups is 2. The number of nitrogens with zero attached hydrogens (tertiary/aromatic N) is 1. The second-order valence-corrected chi connectivity index (χ2v) is 5.01. The Labute approximate surface area is 131 Å². The average Bonchev–Trinajstić information content (AvgIpc) is 2.89. The molecular formula is C15H11N3O3S. The highest BCUT2D eigenvalue weighted by Crippen LogP contribution is 2.23. The van der Waals surface area contributed by atoms with Crippen molar-refractivity contribution in [3.05, 3.63) is 59.4 Å². The summed E-state index contributed by atoms with van der Waals surface area (Å²) in [7, 11) is 0. The summed E-state index contributed by atoms with van der Waals surface area (Å²) in [6, 6.07) is 8.50. The Morgan fingerprint density at radius 2 is 2.18 bits per heavy atom. The molecule has 22 heavy (non-hydrogen) atoms. The third-order valence-electron chi connectivity index (χ3n) is 3.10. The zero-order valence-corrected chi connectivity index (χ0v) is 12.1. The maximum atomic E-state index is 11.9. The van der Waals surface area contributed by atoms with Gasteiger partial charge in [0.15, 0.2) is 5.11 Å². The number of nitrogens with one attached hydrogen (secondary N) is 2. The summed E-state index contributed by atoms with van der Waals surface area (Å²) < 4.78 is 4.93.